The van der Waals surface area contributed by atoms with Crippen LogP contribution in [-0.2, 0) is 19.7 Å². The van der Waals surface area contributed by atoms with Crippen LogP contribution >= 0.6 is 0 Å². The Balaban J connectivity index is 1.73. The second-order valence-corrected chi connectivity index (χ2v) is 7.29. The molecule has 0 aromatic rings. The predicted octanol–water partition coefficient (Wildman–Crippen LogP) is -0.544. The molecule has 2 unspecified atom stereocenters. The van der Waals surface area contributed by atoms with Crippen LogP contribution in [0.4, 0.5) is 0 Å². The number of hydrogen-bond acceptors (Lipinski definition) is 4. The third-order valence-corrected chi connectivity index (χ3v) is 4.93. The standard InChI is InChI=1S/C12H23N3O4S/c1-9-7-15(8-10(2)19-9)20(17,18)14-6-5-13-12(16)11-3-4-11/h9-11,14H,3-8H2,1-2H3,(H,13,16). The maximum atomic E-state index is 12.1. The van der Waals surface area contributed by atoms with Gasteiger partial charge >= 0.3 is 0 Å². The zero-order valence-corrected chi connectivity index (χ0v) is 12.8. The molecule has 20 heavy (non-hydrogen) atoms. The molecule has 0 spiro atoms. The highest BCUT2D eigenvalue weighted by Crippen LogP contribution is 2.28. The van der Waals surface area contributed by atoms with E-state index in [9.17, 15) is 13.2 Å². The molecule has 0 aromatic heterocycles. The number of carbonyl (C=O) groups excluding carboxylic acids is 1. The molecule has 7 nitrogen and oxygen atoms in total. The van der Waals surface area contributed by atoms with Gasteiger partial charge < -0.3 is 10.1 Å². The summed E-state index contributed by atoms with van der Waals surface area (Å²) in [4.78, 5) is 11.4. The third kappa shape index (κ3) is 4.41. The monoisotopic (exact) mass is 305 g/mol. The Labute approximate surface area is 120 Å². The molecule has 1 saturated heterocycles. The van der Waals surface area contributed by atoms with E-state index in [2.05, 4.69) is 10.0 Å². The van der Waals surface area contributed by atoms with Crippen LogP contribution in [0.3, 0.4) is 0 Å². The minimum atomic E-state index is -3.50. The number of hydrogen-bond donors (Lipinski definition) is 2. The summed E-state index contributed by atoms with van der Waals surface area (Å²) in [6, 6.07) is 0. The van der Waals surface area contributed by atoms with Gasteiger partial charge in [0.25, 0.3) is 10.2 Å². The molecule has 116 valence electrons. The van der Waals surface area contributed by atoms with Crippen molar-refractivity contribution in [1.29, 1.82) is 0 Å². The van der Waals surface area contributed by atoms with Crippen molar-refractivity contribution < 1.29 is 17.9 Å². The first-order valence-electron chi connectivity index (χ1n) is 7.06. The maximum Gasteiger partial charge on any atom is 0.279 e. The summed E-state index contributed by atoms with van der Waals surface area (Å²) in [5.74, 6) is 0.172. The van der Waals surface area contributed by atoms with Gasteiger partial charge in [0.2, 0.25) is 5.91 Å². The number of carbonyl (C=O) groups is 1. The number of morpholine rings is 1. The molecular formula is C12H23N3O4S. The highest BCUT2D eigenvalue weighted by molar-refractivity contribution is 7.87. The van der Waals surface area contributed by atoms with Crippen molar-refractivity contribution in [2.24, 2.45) is 5.92 Å². The molecule has 1 amide bonds. The fourth-order valence-electron chi connectivity index (χ4n) is 2.27. The van der Waals surface area contributed by atoms with Crippen LogP contribution in [0.5, 0.6) is 0 Å². The second kappa shape index (κ2) is 6.38. The summed E-state index contributed by atoms with van der Waals surface area (Å²) in [7, 11) is -3.50. The topological polar surface area (TPSA) is 87.7 Å². The van der Waals surface area contributed by atoms with Crippen molar-refractivity contribution in [3.63, 3.8) is 0 Å². The molecule has 1 aliphatic heterocycles. The quantitative estimate of drug-likeness (QED) is 0.645. The first kappa shape index (κ1) is 15.7. The Morgan fingerprint density at radius 3 is 2.35 bits per heavy atom. The lowest BCUT2D eigenvalue weighted by Crippen LogP contribution is -2.52. The largest absolute Gasteiger partial charge is 0.373 e. The van der Waals surface area contributed by atoms with Gasteiger partial charge in [0, 0.05) is 32.1 Å². The Morgan fingerprint density at radius 2 is 1.80 bits per heavy atom. The van der Waals surface area contributed by atoms with E-state index in [1.807, 2.05) is 13.8 Å². The van der Waals surface area contributed by atoms with Crippen LogP contribution in [0.15, 0.2) is 0 Å². The molecule has 0 radical (unpaired) electrons. The number of nitrogens with one attached hydrogen (secondary N) is 2. The minimum absolute atomic E-state index is 0.0258. The Kier molecular flexibility index (Phi) is 5.00. The van der Waals surface area contributed by atoms with Gasteiger partial charge in [-0.2, -0.15) is 12.7 Å². The van der Waals surface area contributed by atoms with Crippen molar-refractivity contribution in [2.45, 2.75) is 38.9 Å². The van der Waals surface area contributed by atoms with Crippen molar-refractivity contribution in [2.75, 3.05) is 26.2 Å². The Bertz CT molecular complexity index is 440. The predicted molar refractivity (Wildman–Crippen MR) is 74.2 cm³/mol. The van der Waals surface area contributed by atoms with E-state index in [0.717, 1.165) is 12.8 Å². The van der Waals surface area contributed by atoms with Gasteiger partial charge in [0.05, 0.1) is 12.2 Å². The molecule has 2 N–H and O–H groups in total. The van der Waals surface area contributed by atoms with Crippen LogP contribution in [0.2, 0.25) is 0 Å². The van der Waals surface area contributed by atoms with E-state index in [4.69, 9.17) is 4.74 Å². The van der Waals surface area contributed by atoms with E-state index < -0.39 is 10.2 Å². The minimum Gasteiger partial charge on any atom is -0.373 e. The molecule has 0 aromatic carbocycles. The first-order valence-corrected chi connectivity index (χ1v) is 8.50. The first-order chi connectivity index (χ1) is 9.38. The molecule has 1 saturated carbocycles. The van der Waals surface area contributed by atoms with Crippen molar-refractivity contribution in [3.05, 3.63) is 0 Å². The SMILES string of the molecule is CC1CN(S(=O)(=O)NCCNC(=O)C2CC2)CC(C)O1. The molecule has 0 bridgehead atoms. The van der Waals surface area contributed by atoms with Crippen LogP contribution in [0.1, 0.15) is 26.7 Å². The molecule has 2 atom stereocenters. The average Bonchev–Trinajstić information content (AvgIpc) is 3.17. The van der Waals surface area contributed by atoms with Crippen molar-refractivity contribution >= 4 is 16.1 Å². The van der Waals surface area contributed by atoms with Crippen LogP contribution in [0, 0.1) is 5.92 Å². The molecule has 1 aliphatic carbocycles. The summed E-state index contributed by atoms with van der Waals surface area (Å²) in [6.07, 6.45) is 1.68. The summed E-state index contributed by atoms with van der Waals surface area (Å²) in [5.41, 5.74) is 0. The van der Waals surface area contributed by atoms with Crippen LogP contribution in [-0.4, -0.2) is 57.0 Å². The number of amides is 1. The number of ether oxygens (including phenoxy) is 1. The van der Waals surface area contributed by atoms with Crippen LogP contribution in [0.25, 0.3) is 0 Å². The van der Waals surface area contributed by atoms with E-state index in [0.29, 0.717) is 19.6 Å². The fraction of sp³-hybridized carbons (Fsp3) is 0.917. The normalized spacial score (nSPS) is 28.3. The zero-order chi connectivity index (χ0) is 14.8. The highest BCUT2D eigenvalue weighted by atomic mass is 32.2. The van der Waals surface area contributed by atoms with E-state index in [1.54, 1.807) is 0 Å². The van der Waals surface area contributed by atoms with Gasteiger partial charge in [-0.25, -0.2) is 4.72 Å². The third-order valence-electron chi connectivity index (χ3n) is 3.38. The van der Waals surface area contributed by atoms with Gasteiger partial charge in [-0.05, 0) is 26.7 Å². The smallest absolute Gasteiger partial charge is 0.279 e. The zero-order valence-electron chi connectivity index (χ0n) is 12.0. The highest BCUT2D eigenvalue weighted by Gasteiger charge is 2.31. The average molecular weight is 305 g/mol. The van der Waals surface area contributed by atoms with Gasteiger partial charge in [-0.3, -0.25) is 4.79 Å². The molecule has 8 heteroatoms. The molecule has 2 rings (SSSR count). The second-order valence-electron chi connectivity index (χ2n) is 5.54. The molecule has 2 fully saturated rings. The molecular weight excluding hydrogens is 282 g/mol. The van der Waals surface area contributed by atoms with E-state index in [-0.39, 0.29) is 30.6 Å². The van der Waals surface area contributed by atoms with Crippen molar-refractivity contribution in [3.8, 4) is 0 Å². The number of rotatable bonds is 6. The molecule has 1 heterocycles. The van der Waals surface area contributed by atoms with E-state index >= 15 is 0 Å². The summed E-state index contributed by atoms with van der Waals surface area (Å²) < 4.78 is 33.6. The maximum absolute atomic E-state index is 12.1. The van der Waals surface area contributed by atoms with Gasteiger partial charge in [-0.1, -0.05) is 0 Å². The van der Waals surface area contributed by atoms with Gasteiger partial charge in [-0.15, -0.1) is 0 Å². The number of nitrogens with zero attached hydrogens (tertiary/aromatic N) is 1. The Morgan fingerprint density at radius 1 is 1.20 bits per heavy atom. The Hall–Kier alpha value is -0.700. The van der Waals surface area contributed by atoms with Gasteiger partial charge in [0.15, 0.2) is 0 Å². The lowest BCUT2D eigenvalue weighted by atomic mass is 10.3. The lowest BCUT2D eigenvalue weighted by molar-refractivity contribution is -0.122. The summed E-state index contributed by atoms with van der Waals surface area (Å²) >= 11 is 0. The van der Waals surface area contributed by atoms with E-state index in [1.165, 1.54) is 4.31 Å². The summed E-state index contributed by atoms with van der Waals surface area (Å²) in [6.45, 7) is 4.95. The van der Waals surface area contributed by atoms with Gasteiger partial charge in [0.1, 0.15) is 0 Å². The fourth-order valence-corrected chi connectivity index (χ4v) is 3.63. The van der Waals surface area contributed by atoms with Crippen molar-refractivity contribution in [1.82, 2.24) is 14.3 Å². The lowest BCUT2D eigenvalue weighted by Gasteiger charge is -2.34. The summed E-state index contributed by atoms with van der Waals surface area (Å²) in [5, 5.41) is 2.73. The van der Waals surface area contributed by atoms with Crippen LogP contribution < -0.4 is 10.0 Å². The molecule has 2 aliphatic rings.